The molecule has 1 N–H and O–H groups in total. The van der Waals surface area contributed by atoms with Gasteiger partial charge in [0.05, 0.1) is 12.0 Å². The SMILES string of the molecule is CC(C)OC(=O)[C@H](C)CNC(=O)N1CCC[C@H](N(C)C)C1. The predicted octanol–water partition coefficient (Wildman–Crippen LogP) is 1.31. The van der Waals surface area contributed by atoms with Crippen LogP contribution in [0.5, 0.6) is 0 Å². The highest BCUT2D eigenvalue weighted by Crippen LogP contribution is 2.13. The number of rotatable bonds is 5. The van der Waals surface area contributed by atoms with E-state index in [1.54, 1.807) is 6.92 Å². The van der Waals surface area contributed by atoms with Crippen molar-refractivity contribution in [3.05, 3.63) is 0 Å². The van der Waals surface area contributed by atoms with Crippen LogP contribution in [0.1, 0.15) is 33.6 Å². The van der Waals surface area contributed by atoms with Crippen LogP contribution in [-0.4, -0.2) is 67.7 Å². The minimum Gasteiger partial charge on any atom is -0.463 e. The monoisotopic (exact) mass is 299 g/mol. The largest absolute Gasteiger partial charge is 0.463 e. The number of amides is 2. The molecule has 21 heavy (non-hydrogen) atoms. The van der Waals surface area contributed by atoms with E-state index < -0.39 is 0 Å². The van der Waals surface area contributed by atoms with Gasteiger partial charge >= 0.3 is 12.0 Å². The first-order valence-electron chi connectivity index (χ1n) is 7.71. The van der Waals surface area contributed by atoms with E-state index in [4.69, 9.17) is 4.74 Å². The summed E-state index contributed by atoms with van der Waals surface area (Å²) in [5.41, 5.74) is 0. The zero-order valence-corrected chi connectivity index (χ0v) is 13.9. The lowest BCUT2D eigenvalue weighted by Gasteiger charge is -2.36. The van der Waals surface area contributed by atoms with Crippen LogP contribution in [-0.2, 0) is 9.53 Å². The van der Waals surface area contributed by atoms with E-state index in [0.29, 0.717) is 12.6 Å². The average Bonchev–Trinajstić information content (AvgIpc) is 2.43. The zero-order valence-electron chi connectivity index (χ0n) is 13.9. The number of carbonyl (C=O) groups is 2. The molecule has 1 aliphatic rings. The van der Waals surface area contributed by atoms with Gasteiger partial charge in [-0.2, -0.15) is 0 Å². The average molecular weight is 299 g/mol. The van der Waals surface area contributed by atoms with Gasteiger partial charge in [-0.25, -0.2) is 4.79 Å². The second kappa shape index (κ2) is 8.22. The van der Waals surface area contributed by atoms with Crippen molar-refractivity contribution in [1.29, 1.82) is 0 Å². The third kappa shape index (κ3) is 5.91. The van der Waals surface area contributed by atoms with Gasteiger partial charge in [0.2, 0.25) is 0 Å². The van der Waals surface area contributed by atoms with Crippen molar-refractivity contribution in [3.63, 3.8) is 0 Å². The number of ether oxygens (including phenoxy) is 1. The molecule has 2 amide bonds. The van der Waals surface area contributed by atoms with Gasteiger partial charge < -0.3 is 19.9 Å². The Morgan fingerprint density at radius 3 is 2.57 bits per heavy atom. The quantitative estimate of drug-likeness (QED) is 0.778. The van der Waals surface area contributed by atoms with Gasteiger partial charge in [-0.05, 0) is 40.8 Å². The molecule has 1 fully saturated rings. The zero-order chi connectivity index (χ0) is 16.0. The van der Waals surface area contributed by atoms with Crippen molar-refractivity contribution in [3.8, 4) is 0 Å². The van der Waals surface area contributed by atoms with Gasteiger partial charge in [-0.1, -0.05) is 6.92 Å². The Kier molecular flexibility index (Phi) is 6.95. The van der Waals surface area contributed by atoms with Gasteiger partial charge in [-0.15, -0.1) is 0 Å². The summed E-state index contributed by atoms with van der Waals surface area (Å²) in [6.45, 7) is 7.23. The van der Waals surface area contributed by atoms with E-state index in [0.717, 1.165) is 25.9 Å². The Balaban J connectivity index is 2.37. The van der Waals surface area contributed by atoms with E-state index >= 15 is 0 Å². The number of nitrogens with one attached hydrogen (secondary N) is 1. The molecule has 1 rings (SSSR count). The van der Waals surface area contributed by atoms with Gasteiger partial charge in [0.25, 0.3) is 0 Å². The lowest BCUT2D eigenvalue weighted by Crippen LogP contribution is -2.51. The van der Waals surface area contributed by atoms with Crippen molar-refractivity contribution in [2.45, 2.75) is 45.8 Å². The molecule has 6 nitrogen and oxygen atoms in total. The second-order valence-corrected chi connectivity index (χ2v) is 6.28. The van der Waals surface area contributed by atoms with Crippen LogP contribution in [0.3, 0.4) is 0 Å². The fourth-order valence-electron chi connectivity index (χ4n) is 2.34. The number of hydrogen-bond donors (Lipinski definition) is 1. The summed E-state index contributed by atoms with van der Waals surface area (Å²) in [7, 11) is 4.08. The van der Waals surface area contributed by atoms with Gasteiger partial charge in [0.1, 0.15) is 0 Å². The smallest absolute Gasteiger partial charge is 0.317 e. The molecule has 0 radical (unpaired) electrons. The maximum absolute atomic E-state index is 12.2. The summed E-state index contributed by atoms with van der Waals surface area (Å²) in [6, 6.07) is 0.318. The van der Waals surface area contributed by atoms with Crippen molar-refractivity contribution < 1.29 is 14.3 Å². The maximum Gasteiger partial charge on any atom is 0.317 e. The molecule has 2 atom stereocenters. The molecule has 0 spiro atoms. The molecular formula is C15H29N3O3. The van der Waals surface area contributed by atoms with Crippen LogP contribution in [0, 0.1) is 5.92 Å². The van der Waals surface area contributed by atoms with Crippen molar-refractivity contribution in [1.82, 2.24) is 15.1 Å². The first-order chi connectivity index (χ1) is 9.81. The van der Waals surface area contributed by atoms with Gasteiger partial charge in [0.15, 0.2) is 0 Å². The minimum atomic E-state index is -0.328. The number of carbonyl (C=O) groups excluding carboxylic acids is 2. The molecule has 1 saturated heterocycles. The summed E-state index contributed by atoms with van der Waals surface area (Å²) in [5, 5.41) is 2.83. The van der Waals surface area contributed by atoms with Crippen LogP contribution < -0.4 is 5.32 Å². The Hall–Kier alpha value is -1.30. The Bertz CT molecular complexity index is 358. The van der Waals surface area contributed by atoms with Crippen LogP contribution in [0.15, 0.2) is 0 Å². The molecule has 0 aliphatic carbocycles. The highest BCUT2D eigenvalue weighted by atomic mass is 16.5. The second-order valence-electron chi connectivity index (χ2n) is 6.28. The highest BCUT2D eigenvalue weighted by Gasteiger charge is 2.25. The molecule has 122 valence electrons. The Morgan fingerprint density at radius 2 is 2.00 bits per heavy atom. The summed E-state index contributed by atoms with van der Waals surface area (Å²) >= 11 is 0. The summed E-state index contributed by atoms with van der Waals surface area (Å²) in [4.78, 5) is 27.8. The molecule has 1 heterocycles. The third-order valence-electron chi connectivity index (χ3n) is 3.73. The number of piperidine rings is 1. The lowest BCUT2D eigenvalue weighted by atomic mass is 10.1. The summed E-state index contributed by atoms with van der Waals surface area (Å²) in [6.07, 6.45) is 2.01. The molecule has 1 aliphatic heterocycles. The molecule has 0 aromatic rings. The summed E-state index contributed by atoms with van der Waals surface area (Å²) in [5.74, 6) is -0.596. The molecular weight excluding hydrogens is 270 g/mol. The molecule has 0 aromatic heterocycles. The van der Waals surface area contributed by atoms with E-state index in [-0.39, 0.29) is 24.0 Å². The topological polar surface area (TPSA) is 61.9 Å². The number of urea groups is 1. The van der Waals surface area contributed by atoms with Gasteiger partial charge in [-0.3, -0.25) is 4.79 Å². The predicted molar refractivity (Wildman–Crippen MR) is 82.1 cm³/mol. The Labute approximate surface area is 127 Å². The van der Waals surface area contributed by atoms with E-state index in [2.05, 4.69) is 10.2 Å². The fourth-order valence-corrected chi connectivity index (χ4v) is 2.34. The highest BCUT2D eigenvalue weighted by molar-refractivity contribution is 5.76. The maximum atomic E-state index is 12.2. The van der Waals surface area contributed by atoms with Crippen molar-refractivity contribution in [2.24, 2.45) is 5.92 Å². The number of esters is 1. The van der Waals surface area contributed by atoms with Crippen LogP contribution in [0.25, 0.3) is 0 Å². The van der Waals surface area contributed by atoms with Gasteiger partial charge in [0, 0.05) is 25.7 Å². The Morgan fingerprint density at radius 1 is 1.33 bits per heavy atom. The number of likely N-dealkylation sites (tertiary alicyclic amines) is 1. The number of nitrogens with zero attached hydrogens (tertiary/aromatic N) is 2. The third-order valence-corrected chi connectivity index (χ3v) is 3.73. The first kappa shape index (κ1) is 17.8. The van der Waals surface area contributed by atoms with Crippen molar-refractivity contribution in [2.75, 3.05) is 33.7 Å². The molecule has 0 unspecified atom stereocenters. The van der Waals surface area contributed by atoms with Crippen LogP contribution in [0.4, 0.5) is 4.79 Å². The van der Waals surface area contributed by atoms with E-state index in [9.17, 15) is 9.59 Å². The molecule has 0 bridgehead atoms. The van der Waals surface area contributed by atoms with Crippen molar-refractivity contribution >= 4 is 12.0 Å². The van der Waals surface area contributed by atoms with E-state index in [1.807, 2.05) is 32.8 Å². The molecule has 0 saturated carbocycles. The minimum absolute atomic E-state index is 0.0919. The van der Waals surface area contributed by atoms with E-state index in [1.165, 1.54) is 0 Å². The molecule has 6 heteroatoms. The fraction of sp³-hybridized carbons (Fsp3) is 0.867. The normalized spacial score (nSPS) is 20.5. The first-order valence-corrected chi connectivity index (χ1v) is 7.71. The standard InChI is InChI=1S/C15H29N3O3/c1-11(2)21-14(19)12(3)9-16-15(20)18-8-6-7-13(10-18)17(4)5/h11-13H,6-10H2,1-5H3,(H,16,20)/t12-,13+/m1/s1. The summed E-state index contributed by atoms with van der Waals surface area (Å²) < 4.78 is 5.13. The van der Waals surface area contributed by atoms with Crippen LogP contribution in [0.2, 0.25) is 0 Å². The lowest BCUT2D eigenvalue weighted by molar-refractivity contribution is -0.151. The number of hydrogen-bond acceptors (Lipinski definition) is 4. The van der Waals surface area contributed by atoms with Crippen LogP contribution >= 0.6 is 0 Å². The molecule has 0 aromatic carbocycles. The number of likely N-dealkylation sites (N-methyl/N-ethyl adjacent to an activating group) is 1.